The molecule has 9 nitrogen and oxygen atoms in total. The second kappa shape index (κ2) is 11.3. The first-order valence-corrected chi connectivity index (χ1v) is 14.1. The largest absolute Gasteiger partial charge is 0.490 e. The molecular weight excluding hydrogens is 506 g/mol. The Hall–Kier alpha value is -2.40. The van der Waals surface area contributed by atoms with Crippen LogP contribution in [0, 0.1) is 16.0 Å². The van der Waals surface area contributed by atoms with Crippen molar-refractivity contribution in [3.63, 3.8) is 0 Å². The predicted molar refractivity (Wildman–Crippen MR) is 138 cm³/mol. The van der Waals surface area contributed by atoms with Crippen LogP contribution in [-0.2, 0) is 14.8 Å². The number of anilines is 1. The lowest BCUT2D eigenvalue weighted by molar-refractivity contribution is -0.384. The third kappa shape index (κ3) is 6.47. The Morgan fingerprint density at radius 2 is 1.92 bits per heavy atom. The molecule has 1 N–H and O–H groups in total. The van der Waals surface area contributed by atoms with E-state index in [1.54, 1.807) is 24.3 Å². The minimum absolute atomic E-state index is 0.0160. The summed E-state index contributed by atoms with van der Waals surface area (Å²) in [5.41, 5.74) is 0.589. The van der Waals surface area contributed by atoms with E-state index in [0.717, 1.165) is 0 Å². The van der Waals surface area contributed by atoms with E-state index in [4.69, 9.17) is 21.1 Å². The molecule has 2 saturated heterocycles. The van der Waals surface area contributed by atoms with E-state index in [1.807, 2.05) is 4.90 Å². The molecule has 36 heavy (non-hydrogen) atoms. The van der Waals surface area contributed by atoms with Crippen molar-refractivity contribution >= 4 is 33.0 Å². The third-order valence-electron chi connectivity index (χ3n) is 6.71. The van der Waals surface area contributed by atoms with Crippen LogP contribution >= 0.6 is 11.6 Å². The van der Waals surface area contributed by atoms with Crippen LogP contribution < -0.4 is 14.4 Å². The van der Waals surface area contributed by atoms with Gasteiger partial charge in [-0.15, -0.1) is 0 Å². The summed E-state index contributed by atoms with van der Waals surface area (Å²) in [5.74, 6) is 0.766. The van der Waals surface area contributed by atoms with Crippen molar-refractivity contribution in [3.8, 4) is 5.75 Å². The number of hydrogen-bond donors (Lipinski definition) is 1. The molecule has 2 aromatic rings. The van der Waals surface area contributed by atoms with Gasteiger partial charge in [0, 0.05) is 49.7 Å². The second-order valence-electron chi connectivity index (χ2n) is 9.67. The van der Waals surface area contributed by atoms with Crippen LogP contribution in [0.3, 0.4) is 0 Å². The zero-order valence-corrected chi connectivity index (χ0v) is 22.0. The number of halogens is 1. The highest BCUT2D eigenvalue weighted by molar-refractivity contribution is 7.89. The van der Waals surface area contributed by atoms with Crippen LogP contribution in [0.25, 0.3) is 0 Å². The van der Waals surface area contributed by atoms with Crippen molar-refractivity contribution in [2.45, 2.75) is 62.7 Å². The standard InChI is InChI=1S/C25H32ClN3O6S/c1-17(2)24-15-19(10-13-34-24)27-36(32,33)25-14-18(26)6-7-23(25)28-11-8-21(9-12-28)35-22-5-3-4-20(16-22)29(30)31/h3-7,14,16-17,19,21,24,27H,8-13,15H2,1-2H3. The number of benzene rings is 2. The van der Waals surface area contributed by atoms with Gasteiger partial charge in [-0.1, -0.05) is 31.5 Å². The average molecular weight is 538 g/mol. The fourth-order valence-electron chi connectivity index (χ4n) is 4.72. The average Bonchev–Trinajstić information content (AvgIpc) is 2.84. The number of piperidine rings is 1. The molecule has 0 bridgehead atoms. The second-order valence-corrected chi connectivity index (χ2v) is 11.8. The van der Waals surface area contributed by atoms with Crippen LogP contribution in [0.4, 0.5) is 11.4 Å². The van der Waals surface area contributed by atoms with Crippen molar-refractivity contribution in [2.75, 3.05) is 24.6 Å². The molecule has 2 unspecified atom stereocenters. The number of nitro benzene ring substituents is 1. The highest BCUT2D eigenvalue weighted by Crippen LogP contribution is 2.32. The lowest BCUT2D eigenvalue weighted by Gasteiger charge is -2.35. The minimum Gasteiger partial charge on any atom is -0.490 e. The molecule has 0 aliphatic carbocycles. The highest BCUT2D eigenvalue weighted by Gasteiger charge is 2.31. The Kier molecular flexibility index (Phi) is 8.39. The lowest BCUT2D eigenvalue weighted by Crippen LogP contribution is -2.44. The monoisotopic (exact) mass is 537 g/mol. The molecule has 2 aliphatic heterocycles. The van der Waals surface area contributed by atoms with Crippen LogP contribution in [0.15, 0.2) is 47.4 Å². The molecule has 2 fully saturated rings. The fourth-order valence-corrected chi connectivity index (χ4v) is 6.50. The maximum absolute atomic E-state index is 13.5. The predicted octanol–water partition coefficient (Wildman–Crippen LogP) is 4.78. The number of nitrogens with zero attached hydrogens (tertiary/aromatic N) is 2. The summed E-state index contributed by atoms with van der Waals surface area (Å²) in [6.45, 7) is 5.83. The summed E-state index contributed by atoms with van der Waals surface area (Å²) in [7, 11) is -3.81. The molecule has 0 aromatic heterocycles. The van der Waals surface area contributed by atoms with Crippen molar-refractivity contribution in [1.82, 2.24) is 4.72 Å². The van der Waals surface area contributed by atoms with Crippen LogP contribution in [0.5, 0.6) is 5.75 Å². The van der Waals surface area contributed by atoms with Gasteiger partial charge in [-0.25, -0.2) is 13.1 Å². The van der Waals surface area contributed by atoms with Gasteiger partial charge in [0.1, 0.15) is 16.7 Å². The van der Waals surface area contributed by atoms with Crippen molar-refractivity contribution in [1.29, 1.82) is 0 Å². The van der Waals surface area contributed by atoms with Gasteiger partial charge >= 0.3 is 0 Å². The number of nitrogens with one attached hydrogen (secondary N) is 1. The van der Waals surface area contributed by atoms with Gasteiger partial charge in [0.05, 0.1) is 22.8 Å². The maximum atomic E-state index is 13.5. The summed E-state index contributed by atoms with van der Waals surface area (Å²) in [4.78, 5) is 12.8. The van der Waals surface area contributed by atoms with E-state index in [2.05, 4.69) is 18.6 Å². The highest BCUT2D eigenvalue weighted by atomic mass is 35.5. The number of ether oxygens (including phenoxy) is 2. The molecule has 2 atom stereocenters. The number of rotatable bonds is 8. The molecule has 0 saturated carbocycles. The zero-order valence-electron chi connectivity index (χ0n) is 20.4. The van der Waals surface area contributed by atoms with Gasteiger partial charge in [0.2, 0.25) is 10.0 Å². The maximum Gasteiger partial charge on any atom is 0.273 e. The zero-order chi connectivity index (χ0) is 25.9. The number of sulfonamides is 1. The first-order valence-electron chi connectivity index (χ1n) is 12.2. The minimum atomic E-state index is -3.81. The Morgan fingerprint density at radius 3 is 2.61 bits per heavy atom. The van der Waals surface area contributed by atoms with Gasteiger partial charge in [-0.3, -0.25) is 10.1 Å². The Labute approximate surface area is 216 Å². The molecule has 11 heteroatoms. The van der Waals surface area contributed by atoms with E-state index < -0.39 is 14.9 Å². The number of hydrogen-bond acceptors (Lipinski definition) is 7. The Morgan fingerprint density at radius 1 is 1.17 bits per heavy atom. The lowest BCUT2D eigenvalue weighted by atomic mass is 9.96. The summed E-state index contributed by atoms with van der Waals surface area (Å²) >= 11 is 6.22. The third-order valence-corrected chi connectivity index (χ3v) is 8.49. The molecular formula is C25H32ClN3O6S. The molecule has 196 valence electrons. The first kappa shape index (κ1) is 26.7. The van der Waals surface area contributed by atoms with Gasteiger partial charge in [-0.05, 0) is 43.0 Å². The molecule has 0 amide bonds. The summed E-state index contributed by atoms with van der Waals surface area (Å²) < 4.78 is 41.6. The number of non-ortho nitro benzene ring substituents is 1. The summed E-state index contributed by atoms with van der Waals surface area (Å²) in [6.07, 6.45) is 2.45. The molecule has 2 aromatic carbocycles. The fraction of sp³-hybridized carbons (Fsp3) is 0.520. The molecule has 0 spiro atoms. The van der Waals surface area contributed by atoms with E-state index >= 15 is 0 Å². The van der Waals surface area contributed by atoms with Crippen molar-refractivity contribution in [2.24, 2.45) is 5.92 Å². The van der Waals surface area contributed by atoms with Gasteiger partial charge in [0.15, 0.2) is 0 Å². The van der Waals surface area contributed by atoms with E-state index in [9.17, 15) is 18.5 Å². The van der Waals surface area contributed by atoms with E-state index in [1.165, 1.54) is 18.2 Å². The summed E-state index contributed by atoms with van der Waals surface area (Å²) in [6, 6.07) is 10.9. The molecule has 4 rings (SSSR count). The first-order chi connectivity index (χ1) is 17.1. The normalized spacial score (nSPS) is 21.5. The molecule has 0 radical (unpaired) electrons. The van der Waals surface area contributed by atoms with Crippen molar-refractivity contribution < 1.29 is 22.8 Å². The topological polar surface area (TPSA) is 111 Å². The molecule has 2 aliphatic rings. The van der Waals surface area contributed by atoms with Crippen LogP contribution in [-0.4, -0.2) is 51.3 Å². The van der Waals surface area contributed by atoms with Gasteiger partial charge in [-0.2, -0.15) is 0 Å². The van der Waals surface area contributed by atoms with Gasteiger partial charge < -0.3 is 14.4 Å². The van der Waals surface area contributed by atoms with E-state index in [0.29, 0.717) is 67.8 Å². The smallest absolute Gasteiger partial charge is 0.273 e. The Balaban J connectivity index is 1.45. The van der Waals surface area contributed by atoms with Gasteiger partial charge in [0.25, 0.3) is 5.69 Å². The quantitative estimate of drug-likeness (QED) is 0.381. The summed E-state index contributed by atoms with van der Waals surface area (Å²) in [5, 5.41) is 11.4. The van der Waals surface area contributed by atoms with E-state index in [-0.39, 0.29) is 28.8 Å². The SMILES string of the molecule is CC(C)C1CC(NS(=O)(=O)c2cc(Cl)ccc2N2CCC(Oc3cccc([N+](=O)[O-])c3)CC2)CCO1. The van der Waals surface area contributed by atoms with Crippen LogP contribution in [0.2, 0.25) is 5.02 Å². The van der Waals surface area contributed by atoms with Crippen LogP contribution in [0.1, 0.15) is 39.5 Å². The Bertz CT molecular complexity index is 1180. The van der Waals surface area contributed by atoms with Crippen molar-refractivity contribution in [3.05, 3.63) is 57.6 Å². The number of nitro groups is 1. The molecule has 2 heterocycles.